The minimum atomic E-state index is 0.331. The summed E-state index contributed by atoms with van der Waals surface area (Å²) in [6.45, 7) is 1.06. The van der Waals surface area contributed by atoms with Crippen molar-refractivity contribution in [1.82, 2.24) is 10.3 Å². The zero-order valence-corrected chi connectivity index (χ0v) is 10.8. The highest BCUT2D eigenvalue weighted by molar-refractivity contribution is 6.31. The largest absolute Gasteiger partial charge is 0.444 e. The number of oxazole rings is 1. The third-order valence-electron chi connectivity index (χ3n) is 3.27. The van der Waals surface area contributed by atoms with Crippen molar-refractivity contribution in [2.45, 2.75) is 25.3 Å². The first kappa shape index (κ1) is 11.8. The van der Waals surface area contributed by atoms with Gasteiger partial charge in [-0.05, 0) is 31.0 Å². The molecule has 1 fully saturated rings. The van der Waals surface area contributed by atoms with Crippen LogP contribution >= 0.6 is 11.6 Å². The first-order chi connectivity index (χ1) is 8.83. The molecule has 1 saturated heterocycles. The van der Waals surface area contributed by atoms with Crippen LogP contribution in [-0.4, -0.2) is 11.5 Å². The Bertz CT molecular complexity index is 532. The molecule has 0 aliphatic carbocycles. The predicted octanol–water partition coefficient (Wildman–Crippen LogP) is 3.34. The quantitative estimate of drug-likeness (QED) is 0.922. The number of aromatic nitrogens is 1. The normalized spacial score (nSPS) is 19.3. The second-order valence-corrected chi connectivity index (χ2v) is 4.98. The summed E-state index contributed by atoms with van der Waals surface area (Å²) in [7, 11) is 0. The molecule has 0 saturated carbocycles. The lowest BCUT2D eigenvalue weighted by Crippen LogP contribution is -2.11. The van der Waals surface area contributed by atoms with Crippen LogP contribution in [0.2, 0.25) is 5.02 Å². The molecule has 2 aromatic rings. The maximum absolute atomic E-state index is 6.13. The highest BCUT2D eigenvalue weighted by Crippen LogP contribution is 2.25. The number of rotatable bonds is 3. The van der Waals surface area contributed by atoms with Gasteiger partial charge in [0, 0.05) is 5.02 Å². The molecule has 2 heterocycles. The van der Waals surface area contributed by atoms with E-state index in [-0.39, 0.29) is 0 Å². The fourth-order valence-electron chi connectivity index (χ4n) is 2.30. The lowest BCUT2D eigenvalue weighted by molar-refractivity contribution is 0.417. The molecule has 1 unspecified atom stereocenters. The lowest BCUT2D eigenvalue weighted by atomic mass is 10.1. The second kappa shape index (κ2) is 5.12. The Labute approximate surface area is 111 Å². The smallest absolute Gasteiger partial charge is 0.198 e. The van der Waals surface area contributed by atoms with E-state index in [0.29, 0.717) is 12.5 Å². The molecule has 0 bridgehead atoms. The monoisotopic (exact) mass is 262 g/mol. The number of nitrogens with zero attached hydrogens (tertiary/aromatic N) is 1. The highest BCUT2D eigenvalue weighted by atomic mass is 35.5. The summed E-state index contributed by atoms with van der Waals surface area (Å²) in [6.07, 6.45) is 4.80. The molecule has 0 spiro atoms. The molecule has 1 N–H and O–H groups in total. The van der Waals surface area contributed by atoms with E-state index in [1.165, 1.54) is 6.42 Å². The molecule has 1 atom stereocenters. The Kier molecular flexibility index (Phi) is 3.35. The SMILES string of the molecule is Clc1ccccc1Cc1ncc(C2CCCN2)o1. The van der Waals surface area contributed by atoms with Gasteiger partial charge in [0.05, 0.1) is 18.7 Å². The van der Waals surface area contributed by atoms with Crippen molar-refractivity contribution in [2.24, 2.45) is 0 Å². The van der Waals surface area contributed by atoms with Crippen LogP contribution in [0, 0.1) is 0 Å². The molecule has 3 rings (SSSR count). The van der Waals surface area contributed by atoms with Crippen molar-refractivity contribution in [3.63, 3.8) is 0 Å². The van der Waals surface area contributed by atoms with Crippen LogP contribution in [0.3, 0.4) is 0 Å². The van der Waals surface area contributed by atoms with Crippen molar-refractivity contribution < 1.29 is 4.42 Å². The minimum absolute atomic E-state index is 0.331. The molecule has 94 valence electrons. The predicted molar refractivity (Wildman–Crippen MR) is 70.7 cm³/mol. The Balaban J connectivity index is 1.75. The van der Waals surface area contributed by atoms with E-state index in [9.17, 15) is 0 Å². The molecule has 1 aromatic carbocycles. The molecule has 0 radical (unpaired) electrons. The molecular weight excluding hydrogens is 248 g/mol. The van der Waals surface area contributed by atoms with Gasteiger partial charge in [-0.2, -0.15) is 0 Å². The Morgan fingerprint density at radius 2 is 2.28 bits per heavy atom. The average Bonchev–Trinajstić information content (AvgIpc) is 3.02. The van der Waals surface area contributed by atoms with Crippen molar-refractivity contribution in [3.05, 3.63) is 52.7 Å². The molecule has 0 amide bonds. The van der Waals surface area contributed by atoms with E-state index in [0.717, 1.165) is 35.2 Å². The summed E-state index contributed by atoms with van der Waals surface area (Å²) >= 11 is 6.13. The van der Waals surface area contributed by atoms with Gasteiger partial charge >= 0.3 is 0 Å². The van der Waals surface area contributed by atoms with Gasteiger partial charge in [-0.3, -0.25) is 0 Å². The minimum Gasteiger partial charge on any atom is -0.444 e. The number of hydrogen-bond donors (Lipinski definition) is 1. The summed E-state index contributed by atoms with van der Waals surface area (Å²) in [5.41, 5.74) is 1.05. The van der Waals surface area contributed by atoms with Gasteiger partial charge in [-0.1, -0.05) is 29.8 Å². The molecule has 1 aliphatic heterocycles. The number of hydrogen-bond acceptors (Lipinski definition) is 3. The summed E-state index contributed by atoms with van der Waals surface area (Å²) in [5, 5.41) is 4.16. The number of nitrogens with one attached hydrogen (secondary N) is 1. The first-order valence-corrected chi connectivity index (χ1v) is 6.62. The fourth-order valence-corrected chi connectivity index (χ4v) is 2.50. The van der Waals surface area contributed by atoms with Gasteiger partial charge in [0.25, 0.3) is 0 Å². The van der Waals surface area contributed by atoms with Crippen LogP contribution in [0.4, 0.5) is 0 Å². The second-order valence-electron chi connectivity index (χ2n) is 4.57. The van der Waals surface area contributed by atoms with Gasteiger partial charge < -0.3 is 9.73 Å². The Hall–Kier alpha value is -1.32. The van der Waals surface area contributed by atoms with Crippen LogP contribution in [0.1, 0.15) is 36.1 Å². The van der Waals surface area contributed by atoms with E-state index in [4.69, 9.17) is 16.0 Å². The summed E-state index contributed by atoms with van der Waals surface area (Å²) in [5.74, 6) is 1.67. The van der Waals surface area contributed by atoms with E-state index >= 15 is 0 Å². The fraction of sp³-hybridized carbons (Fsp3) is 0.357. The van der Waals surface area contributed by atoms with Crippen LogP contribution in [0.25, 0.3) is 0 Å². The van der Waals surface area contributed by atoms with Crippen molar-refractivity contribution >= 4 is 11.6 Å². The Morgan fingerprint density at radius 1 is 1.39 bits per heavy atom. The van der Waals surface area contributed by atoms with Gasteiger partial charge in [0.2, 0.25) is 0 Å². The van der Waals surface area contributed by atoms with Gasteiger partial charge in [-0.15, -0.1) is 0 Å². The summed E-state index contributed by atoms with van der Waals surface area (Å²) < 4.78 is 5.79. The maximum Gasteiger partial charge on any atom is 0.198 e. The highest BCUT2D eigenvalue weighted by Gasteiger charge is 2.20. The molecule has 18 heavy (non-hydrogen) atoms. The standard InChI is InChI=1S/C14H15ClN2O/c15-11-5-2-1-4-10(11)8-14-17-9-13(18-14)12-6-3-7-16-12/h1-2,4-5,9,12,16H,3,6-8H2. The van der Waals surface area contributed by atoms with Crippen LogP contribution in [0.5, 0.6) is 0 Å². The third kappa shape index (κ3) is 2.42. The van der Waals surface area contributed by atoms with Crippen molar-refractivity contribution in [2.75, 3.05) is 6.54 Å². The number of benzene rings is 1. The number of halogens is 1. The van der Waals surface area contributed by atoms with E-state index in [2.05, 4.69) is 10.3 Å². The molecule has 1 aliphatic rings. The maximum atomic E-state index is 6.13. The van der Waals surface area contributed by atoms with Crippen molar-refractivity contribution in [1.29, 1.82) is 0 Å². The molecular formula is C14H15ClN2O. The van der Waals surface area contributed by atoms with E-state index in [1.807, 2.05) is 30.5 Å². The van der Waals surface area contributed by atoms with Crippen LogP contribution in [0.15, 0.2) is 34.9 Å². The summed E-state index contributed by atoms with van der Waals surface area (Å²) in [6, 6.07) is 8.12. The average molecular weight is 263 g/mol. The van der Waals surface area contributed by atoms with Gasteiger partial charge in [0.1, 0.15) is 5.76 Å². The topological polar surface area (TPSA) is 38.1 Å². The molecule has 3 nitrogen and oxygen atoms in total. The van der Waals surface area contributed by atoms with Crippen LogP contribution in [-0.2, 0) is 6.42 Å². The van der Waals surface area contributed by atoms with Gasteiger partial charge in [0.15, 0.2) is 5.89 Å². The van der Waals surface area contributed by atoms with Gasteiger partial charge in [-0.25, -0.2) is 4.98 Å². The zero-order valence-electron chi connectivity index (χ0n) is 10.0. The first-order valence-electron chi connectivity index (χ1n) is 6.24. The Morgan fingerprint density at radius 3 is 3.06 bits per heavy atom. The molecule has 1 aromatic heterocycles. The van der Waals surface area contributed by atoms with E-state index < -0.39 is 0 Å². The molecule has 4 heteroatoms. The van der Waals surface area contributed by atoms with E-state index in [1.54, 1.807) is 0 Å². The lowest BCUT2D eigenvalue weighted by Gasteiger charge is -2.04. The third-order valence-corrected chi connectivity index (χ3v) is 3.64. The van der Waals surface area contributed by atoms with Crippen molar-refractivity contribution in [3.8, 4) is 0 Å². The van der Waals surface area contributed by atoms with Crippen LogP contribution < -0.4 is 5.32 Å². The summed E-state index contributed by atoms with van der Waals surface area (Å²) in [4.78, 5) is 4.33. The zero-order chi connectivity index (χ0) is 12.4.